The zero-order valence-electron chi connectivity index (χ0n) is 7.41. The molecular weight excluding hydrogens is 170 g/mol. The van der Waals surface area contributed by atoms with E-state index in [9.17, 15) is 9.59 Å². The first-order valence-corrected chi connectivity index (χ1v) is 4.65. The van der Waals surface area contributed by atoms with Crippen molar-refractivity contribution in [1.29, 1.82) is 0 Å². The summed E-state index contributed by atoms with van der Waals surface area (Å²) in [5.74, 6) is -1.05. The van der Waals surface area contributed by atoms with Gasteiger partial charge in [-0.15, -0.1) is 0 Å². The van der Waals surface area contributed by atoms with Crippen LogP contribution < -0.4 is 5.73 Å². The summed E-state index contributed by atoms with van der Waals surface area (Å²) in [5.41, 5.74) is 4.72. The van der Waals surface area contributed by atoms with Crippen molar-refractivity contribution < 1.29 is 14.3 Å². The molecule has 1 aliphatic heterocycles. The molecule has 0 aromatic carbocycles. The lowest BCUT2D eigenvalue weighted by atomic mass is 9.85. The highest BCUT2D eigenvalue weighted by Gasteiger charge is 2.53. The van der Waals surface area contributed by atoms with Gasteiger partial charge in [-0.1, -0.05) is 0 Å². The van der Waals surface area contributed by atoms with Crippen molar-refractivity contribution in [3.05, 3.63) is 0 Å². The van der Waals surface area contributed by atoms with Gasteiger partial charge in [0.15, 0.2) is 0 Å². The average Bonchev–Trinajstić information content (AvgIpc) is 2.60. The van der Waals surface area contributed by atoms with Gasteiger partial charge >= 0.3 is 5.97 Å². The minimum Gasteiger partial charge on any atom is -0.458 e. The van der Waals surface area contributed by atoms with Crippen LogP contribution in [0.5, 0.6) is 0 Å². The fourth-order valence-corrected chi connectivity index (χ4v) is 2.48. The van der Waals surface area contributed by atoms with Gasteiger partial charge in [-0.05, 0) is 25.7 Å². The summed E-state index contributed by atoms with van der Waals surface area (Å²) in [6.07, 6.45) is 3.82. The molecule has 2 N–H and O–H groups in total. The first-order valence-electron chi connectivity index (χ1n) is 4.65. The predicted octanol–water partition coefficient (Wildman–Crippen LogP) is 0.348. The third-order valence-electron chi connectivity index (χ3n) is 3.12. The predicted molar refractivity (Wildman–Crippen MR) is 44.6 cm³/mol. The maximum Gasteiger partial charge on any atom is 0.307 e. The fraction of sp³-hybridized carbons (Fsp3) is 0.778. The molecule has 0 bridgehead atoms. The van der Waals surface area contributed by atoms with Crippen LogP contribution >= 0.6 is 0 Å². The Bertz CT molecular complexity index is 256. The number of primary amides is 1. The molecule has 0 aromatic heterocycles. The van der Waals surface area contributed by atoms with Crippen LogP contribution in [-0.4, -0.2) is 17.5 Å². The van der Waals surface area contributed by atoms with E-state index >= 15 is 0 Å². The molecule has 2 fully saturated rings. The van der Waals surface area contributed by atoms with Crippen LogP contribution in [0.25, 0.3) is 0 Å². The molecule has 1 saturated heterocycles. The van der Waals surface area contributed by atoms with Gasteiger partial charge in [0.05, 0.1) is 12.3 Å². The summed E-state index contributed by atoms with van der Waals surface area (Å²) >= 11 is 0. The van der Waals surface area contributed by atoms with E-state index in [1.54, 1.807) is 0 Å². The second-order valence-corrected chi connectivity index (χ2v) is 3.91. The van der Waals surface area contributed by atoms with Gasteiger partial charge in [0.1, 0.15) is 5.60 Å². The average molecular weight is 183 g/mol. The lowest BCUT2D eigenvalue weighted by molar-refractivity contribution is -0.149. The number of amides is 1. The van der Waals surface area contributed by atoms with Crippen molar-refractivity contribution >= 4 is 11.9 Å². The molecular formula is C9H13NO3. The second kappa shape index (κ2) is 2.72. The standard InChI is InChI=1S/C9H13NO3/c10-8(12)6-5-7(11)13-9(6)3-1-2-4-9/h6H,1-5H2,(H2,10,12)/t6-/m0/s1. The van der Waals surface area contributed by atoms with Gasteiger partial charge in [0, 0.05) is 0 Å². The molecule has 1 spiro atoms. The molecule has 0 aromatic rings. The number of nitrogens with two attached hydrogens (primary N) is 1. The van der Waals surface area contributed by atoms with Crippen molar-refractivity contribution in [3.63, 3.8) is 0 Å². The number of hydrogen-bond donors (Lipinski definition) is 1. The van der Waals surface area contributed by atoms with E-state index in [4.69, 9.17) is 10.5 Å². The molecule has 4 heteroatoms. The van der Waals surface area contributed by atoms with E-state index in [-0.39, 0.29) is 18.3 Å². The van der Waals surface area contributed by atoms with Crippen LogP contribution in [0.1, 0.15) is 32.1 Å². The van der Waals surface area contributed by atoms with Crippen molar-refractivity contribution in [3.8, 4) is 0 Å². The molecule has 13 heavy (non-hydrogen) atoms. The number of ether oxygens (including phenoxy) is 1. The van der Waals surface area contributed by atoms with Crippen molar-refractivity contribution in [1.82, 2.24) is 0 Å². The van der Waals surface area contributed by atoms with Crippen LogP contribution in [-0.2, 0) is 14.3 Å². The normalized spacial score (nSPS) is 30.8. The lowest BCUT2D eigenvalue weighted by Gasteiger charge is -2.26. The lowest BCUT2D eigenvalue weighted by Crippen LogP contribution is -2.40. The summed E-state index contributed by atoms with van der Waals surface area (Å²) in [4.78, 5) is 22.2. The van der Waals surface area contributed by atoms with Gasteiger partial charge in [-0.25, -0.2) is 0 Å². The largest absolute Gasteiger partial charge is 0.458 e. The molecule has 2 rings (SSSR count). The summed E-state index contributed by atoms with van der Waals surface area (Å²) in [5, 5.41) is 0. The molecule has 1 amide bonds. The van der Waals surface area contributed by atoms with Crippen LogP contribution in [0.4, 0.5) is 0 Å². The van der Waals surface area contributed by atoms with E-state index in [0.29, 0.717) is 0 Å². The Hall–Kier alpha value is -1.06. The molecule has 1 atom stereocenters. The Morgan fingerprint density at radius 1 is 1.46 bits per heavy atom. The van der Waals surface area contributed by atoms with E-state index in [1.807, 2.05) is 0 Å². The topological polar surface area (TPSA) is 69.4 Å². The molecule has 0 unspecified atom stereocenters. The quantitative estimate of drug-likeness (QED) is 0.596. The van der Waals surface area contributed by atoms with E-state index in [1.165, 1.54) is 0 Å². The second-order valence-electron chi connectivity index (χ2n) is 3.91. The Kier molecular flexibility index (Phi) is 1.78. The summed E-state index contributed by atoms with van der Waals surface area (Å²) in [6, 6.07) is 0. The van der Waals surface area contributed by atoms with Gasteiger partial charge in [0.2, 0.25) is 5.91 Å². The summed E-state index contributed by atoms with van der Waals surface area (Å²) < 4.78 is 5.24. The van der Waals surface area contributed by atoms with Crippen molar-refractivity contribution in [2.75, 3.05) is 0 Å². The van der Waals surface area contributed by atoms with Crippen LogP contribution in [0.15, 0.2) is 0 Å². The Morgan fingerprint density at radius 2 is 2.08 bits per heavy atom. The molecule has 2 aliphatic rings. The first kappa shape index (κ1) is 8.53. The maximum absolute atomic E-state index is 11.1. The number of carbonyl (C=O) groups is 2. The van der Waals surface area contributed by atoms with E-state index in [2.05, 4.69) is 0 Å². The molecule has 1 aliphatic carbocycles. The number of hydrogen-bond acceptors (Lipinski definition) is 3. The third kappa shape index (κ3) is 1.20. The Labute approximate surface area is 76.4 Å². The summed E-state index contributed by atoms with van der Waals surface area (Å²) in [7, 11) is 0. The van der Waals surface area contributed by atoms with Crippen molar-refractivity contribution in [2.45, 2.75) is 37.7 Å². The van der Waals surface area contributed by atoms with Crippen LogP contribution in [0.2, 0.25) is 0 Å². The molecule has 0 radical (unpaired) electrons. The highest BCUT2D eigenvalue weighted by molar-refractivity contribution is 5.86. The zero-order valence-corrected chi connectivity index (χ0v) is 7.41. The third-order valence-corrected chi connectivity index (χ3v) is 3.12. The Morgan fingerprint density at radius 3 is 2.62 bits per heavy atom. The van der Waals surface area contributed by atoms with E-state index in [0.717, 1.165) is 25.7 Å². The summed E-state index contributed by atoms with van der Waals surface area (Å²) in [6.45, 7) is 0. The first-order chi connectivity index (χ1) is 6.14. The highest BCUT2D eigenvalue weighted by Crippen LogP contribution is 2.45. The van der Waals surface area contributed by atoms with Crippen LogP contribution in [0, 0.1) is 5.92 Å². The molecule has 1 heterocycles. The SMILES string of the molecule is NC(=O)[C@@H]1CC(=O)OC12CCCC2. The zero-order chi connectivity index (χ0) is 9.47. The molecule has 1 saturated carbocycles. The monoisotopic (exact) mass is 183 g/mol. The van der Waals surface area contributed by atoms with Gasteiger partial charge in [-0.2, -0.15) is 0 Å². The molecule has 4 nitrogen and oxygen atoms in total. The number of rotatable bonds is 1. The minimum atomic E-state index is -0.525. The van der Waals surface area contributed by atoms with Gasteiger partial charge in [0.25, 0.3) is 0 Å². The smallest absolute Gasteiger partial charge is 0.307 e. The maximum atomic E-state index is 11.1. The van der Waals surface area contributed by atoms with Gasteiger partial charge in [-0.3, -0.25) is 9.59 Å². The minimum absolute atomic E-state index is 0.176. The molecule has 72 valence electrons. The van der Waals surface area contributed by atoms with Crippen LogP contribution in [0.3, 0.4) is 0 Å². The Balaban J connectivity index is 2.25. The number of esters is 1. The van der Waals surface area contributed by atoms with Gasteiger partial charge < -0.3 is 10.5 Å². The highest BCUT2D eigenvalue weighted by atomic mass is 16.6. The fourth-order valence-electron chi connectivity index (χ4n) is 2.48. The van der Waals surface area contributed by atoms with Crippen molar-refractivity contribution in [2.24, 2.45) is 11.7 Å². The van der Waals surface area contributed by atoms with E-state index < -0.39 is 11.5 Å². The number of carbonyl (C=O) groups excluding carboxylic acids is 2.